The van der Waals surface area contributed by atoms with Crippen LogP contribution in [0.5, 0.6) is 0 Å². The highest BCUT2D eigenvalue weighted by molar-refractivity contribution is 5.66. The fourth-order valence-corrected chi connectivity index (χ4v) is 2.83. The third kappa shape index (κ3) is 3.30. The van der Waals surface area contributed by atoms with Crippen molar-refractivity contribution in [2.45, 2.75) is 44.2 Å². The Morgan fingerprint density at radius 2 is 2.00 bits per heavy atom. The second kappa shape index (κ2) is 6.75. The zero-order valence-corrected chi connectivity index (χ0v) is 12.6. The minimum atomic E-state index is -0.483. The summed E-state index contributed by atoms with van der Waals surface area (Å²) < 4.78 is 28.1. The van der Waals surface area contributed by atoms with Gasteiger partial charge in [0, 0.05) is 26.0 Å². The lowest BCUT2D eigenvalue weighted by atomic mass is 10.00. The molecule has 2 saturated heterocycles. The Kier molecular flexibility index (Phi) is 4.73. The second-order valence-electron chi connectivity index (χ2n) is 5.40. The van der Waals surface area contributed by atoms with E-state index in [1.165, 1.54) is 6.92 Å². The van der Waals surface area contributed by atoms with Crippen molar-refractivity contribution in [3.8, 4) is 0 Å². The molecule has 6 nitrogen and oxygen atoms in total. The van der Waals surface area contributed by atoms with Gasteiger partial charge in [0.25, 0.3) is 0 Å². The molecule has 0 aromatic heterocycles. The Bertz CT molecular complexity index is 505. The zero-order valence-electron chi connectivity index (χ0n) is 12.6. The minimum absolute atomic E-state index is 0.317. The van der Waals surface area contributed by atoms with Crippen LogP contribution in [-0.4, -0.2) is 44.3 Å². The van der Waals surface area contributed by atoms with Gasteiger partial charge in [0.1, 0.15) is 18.3 Å². The standard InChI is InChI=1S/C16H20O6/c1-10(17)20-12-8-14(18-2)21-13-9-19-16(22-15(12)13)11-6-4-3-5-7-11/h3-7,12-16H,8-9H2,1-2H3. The van der Waals surface area contributed by atoms with E-state index in [9.17, 15) is 4.79 Å². The van der Waals surface area contributed by atoms with E-state index in [2.05, 4.69) is 0 Å². The first-order chi connectivity index (χ1) is 10.7. The number of rotatable bonds is 3. The first-order valence-corrected chi connectivity index (χ1v) is 7.35. The second-order valence-corrected chi connectivity index (χ2v) is 5.40. The lowest BCUT2D eigenvalue weighted by Gasteiger charge is -2.44. The molecule has 2 aliphatic rings. The number of carbonyl (C=O) groups is 1. The topological polar surface area (TPSA) is 63.2 Å². The van der Waals surface area contributed by atoms with Crippen LogP contribution in [0.3, 0.4) is 0 Å². The van der Waals surface area contributed by atoms with Gasteiger partial charge < -0.3 is 23.7 Å². The molecule has 1 aromatic carbocycles. The first kappa shape index (κ1) is 15.4. The van der Waals surface area contributed by atoms with Gasteiger partial charge in [-0.05, 0) is 0 Å². The van der Waals surface area contributed by atoms with Gasteiger partial charge in [-0.2, -0.15) is 0 Å². The van der Waals surface area contributed by atoms with Crippen LogP contribution in [0.1, 0.15) is 25.2 Å². The molecule has 0 spiro atoms. The third-order valence-corrected chi connectivity index (χ3v) is 3.83. The van der Waals surface area contributed by atoms with Crippen molar-refractivity contribution >= 4 is 5.97 Å². The summed E-state index contributed by atoms with van der Waals surface area (Å²) >= 11 is 0. The summed E-state index contributed by atoms with van der Waals surface area (Å²) in [6.45, 7) is 1.75. The molecule has 22 heavy (non-hydrogen) atoms. The summed E-state index contributed by atoms with van der Waals surface area (Å²) in [6, 6.07) is 9.66. The van der Waals surface area contributed by atoms with Gasteiger partial charge in [0.05, 0.1) is 6.61 Å². The fraction of sp³-hybridized carbons (Fsp3) is 0.562. The highest BCUT2D eigenvalue weighted by Crippen LogP contribution is 2.35. The Morgan fingerprint density at radius 3 is 2.68 bits per heavy atom. The lowest BCUT2D eigenvalue weighted by molar-refractivity contribution is -0.335. The third-order valence-electron chi connectivity index (χ3n) is 3.83. The SMILES string of the molecule is COC1CC(OC(C)=O)C2OC(c3ccccc3)OCC2O1. The smallest absolute Gasteiger partial charge is 0.302 e. The van der Waals surface area contributed by atoms with E-state index in [0.29, 0.717) is 13.0 Å². The maximum Gasteiger partial charge on any atom is 0.302 e. The summed E-state index contributed by atoms with van der Waals surface area (Å²) in [7, 11) is 1.56. The highest BCUT2D eigenvalue weighted by atomic mass is 16.7. The number of fused-ring (bicyclic) bond motifs is 1. The predicted octanol–water partition coefficient (Wildman–Crippen LogP) is 1.79. The predicted molar refractivity (Wildman–Crippen MR) is 75.8 cm³/mol. The molecule has 6 heteroatoms. The van der Waals surface area contributed by atoms with Crippen LogP contribution >= 0.6 is 0 Å². The largest absolute Gasteiger partial charge is 0.459 e. The van der Waals surface area contributed by atoms with Crippen LogP contribution in [0.2, 0.25) is 0 Å². The Morgan fingerprint density at radius 1 is 1.23 bits per heavy atom. The molecule has 0 saturated carbocycles. The van der Waals surface area contributed by atoms with Crippen molar-refractivity contribution in [2.75, 3.05) is 13.7 Å². The van der Waals surface area contributed by atoms with Crippen LogP contribution in [0.25, 0.3) is 0 Å². The molecule has 0 aliphatic carbocycles. The molecule has 0 radical (unpaired) electrons. The number of carbonyl (C=O) groups excluding carboxylic acids is 1. The van der Waals surface area contributed by atoms with Crippen LogP contribution in [0.4, 0.5) is 0 Å². The quantitative estimate of drug-likeness (QED) is 0.793. The van der Waals surface area contributed by atoms with Crippen molar-refractivity contribution in [1.82, 2.24) is 0 Å². The zero-order chi connectivity index (χ0) is 15.5. The molecule has 5 atom stereocenters. The molecule has 1 aromatic rings. The molecule has 0 N–H and O–H groups in total. The summed E-state index contributed by atoms with van der Waals surface area (Å²) in [5.41, 5.74) is 0.927. The summed E-state index contributed by atoms with van der Waals surface area (Å²) in [4.78, 5) is 11.3. The van der Waals surface area contributed by atoms with E-state index in [-0.39, 0.29) is 18.2 Å². The van der Waals surface area contributed by atoms with Gasteiger partial charge in [0.15, 0.2) is 12.6 Å². The maximum atomic E-state index is 11.3. The van der Waals surface area contributed by atoms with E-state index in [1.54, 1.807) is 7.11 Å². The number of benzene rings is 1. The van der Waals surface area contributed by atoms with Gasteiger partial charge in [-0.1, -0.05) is 30.3 Å². The van der Waals surface area contributed by atoms with Crippen molar-refractivity contribution < 1.29 is 28.5 Å². The maximum absolute atomic E-state index is 11.3. The lowest BCUT2D eigenvalue weighted by Crippen LogP contribution is -2.56. The number of methoxy groups -OCH3 is 1. The Balaban J connectivity index is 1.75. The molecular formula is C16H20O6. The van der Waals surface area contributed by atoms with Crippen LogP contribution in [-0.2, 0) is 28.5 Å². The van der Waals surface area contributed by atoms with E-state index in [0.717, 1.165) is 5.56 Å². The van der Waals surface area contributed by atoms with Gasteiger partial charge in [-0.15, -0.1) is 0 Å². The van der Waals surface area contributed by atoms with E-state index in [1.807, 2.05) is 30.3 Å². The van der Waals surface area contributed by atoms with Crippen molar-refractivity contribution in [3.05, 3.63) is 35.9 Å². The highest BCUT2D eigenvalue weighted by Gasteiger charge is 2.46. The van der Waals surface area contributed by atoms with E-state index < -0.39 is 18.7 Å². The number of ether oxygens (including phenoxy) is 5. The minimum Gasteiger partial charge on any atom is -0.459 e. The molecule has 2 heterocycles. The van der Waals surface area contributed by atoms with Gasteiger partial charge >= 0.3 is 5.97 Å². The molecule has 0 amide bonds. The van der Waals surface area contributed by atoms with Gasteiger partial charge in [-0.25, -0.2) is 0 Å². The normalized spacial score (nSPS) is 34.7. The van der Waals surface area contributed by atoms with Gasteiger partial charge in [0.2, 0.25) is 0 Å². The van der Waals surface area contributed by atoms with E-state index >= 15 is 0 Å². The summed E-state index contributed by atoms with van der Waals surface area (Å²) in [5, 5.41) is 0. The number of hydrogen-bond acceptors (Lipinski definition) is 6. The van der Waals surface area contributed by atoms with Crippen molar-refractivity contribution in [1.29, 1.82) is 0 Å². The van der Waals surface area contributed by atoms with Gasteiger partial charge in [-0.3, -0.25) is 4.79 Å². The molecule has 2 aliphatic heterocycles. The molecular weight excluding hydrogens is 288 g/mol. The monoisotopic (exact) mass is 308 g/mol. The molecule has 0 bridgehead atoms. The molecule has 5 unspecified atom stereocenters. The van der Waals surface area contributed by atoms with E-state index in [4.69, 9.17) is 23.7 Å². The number of hydrogen-bond donors (Lipinski definition) is 0. The summed E-state index contributed by atoms with van der Waals surface area (Å²) in [5.74, 6) is -0.341. The Hall–Kier alpha value is -1.47. The average molecular weight is 308 g/mol. The average Bonchev–Trinajstić information content (AvgIpc) is 2.54. The van der Waals surface area contributed by atoms with Crippen molar-refractivity contribution in [2.24, 2.45) is 0 Å². The fourth-order valence-electron chi connectivity index (χ4n) is 2.83. The molecule has 3 rings (SSSR count). The van der Waals surface area contributed by atoms with Crippen LogP contribution in [0.15, 0.2) is 30.3 Å². The Labute approximate surface area is 129 Å². The van der Waals surface area contributed by atoms with Crippen LogP contribution in [0, 0.1) is 0 Å². The first-order valence-electron chi connectivity index (χ1n) is 7.35. The van der Waals surface area contributed by atoms with Crippen molar-refractivity contribution in [3.63, 3.8) is 0 Å². The molecule has 2 fully saturated rings. The number of esters is 1. The summed E-state index contributed by atoms with van der Waals surface area (Å²) in [6.07, 6.45) is -1.55. The molecule has 120 valence electrons. The van der Waals surface area contributed by atoms with Crippen LogP contribution < -0.4 is 0 Å².